The molecule has 1 aliphatic rings. The van der Waals surface area contributed by atoms with Crippen molar-refractivity contribution in [2.45, 2.75) is 18.9 Å². The Balaban J connectivity index is 1.58. The Kier molecular flexibility index (Phi) is 4.83. The van der Waals surface area contributed by atoms with Gasteiger partial charge < -0.3 is 9.88 Å². The lowest BCUT2D eigenvalue weighted by Gasteiger charge is -2.24. The van der Waals surface area contributed by atoms with Crippen LogP contribution >= 0.6 is 11.6 Å². The van der Waals surface area contributed by atoms with E-state index in [4.69, 9.17) is 11.6 Å². The Bertz CT molecular complexity index is 1030. The quantitative estimate of drug-likeness (QED) is 0.514. The fourth-order valence-electron chi connectivity index (χ4n) is 3.54. The molecule has 1 atom stereocenters. The largest absolute Gasteiger partial charge is 0.334 e. The van der Waals surface area contributed by atoms with Gasteiger partial charge in [0.25, 0.3) is 11.6 Å². The first-order valence-electron chi connectivity index (χ1n) is 8.89. The first-order chi connectivity index (χ1) is 13.5. The molecular formula is C20H17ClN4O3. The van der Waals surface area contributed by atoms with Crippen molar-refractivity contribution < 1.29 is 9.72 Å². The maximum absolute atomic E-state index is 13.0. The molecule has 0 spiro atoms. The number of rotatable bonds is 4. The summed E-state index contributed by atoms with van der Waals surface area (Å²) in [4.78, 5) is 32.6. The lowest BCUT2D eigenvalue weighted by molar-refractivity contribution is -0.384. The van der Waals surface area contributed by atoms with Crippen LogP contribution in [0.2, 0.25) is 5.02 Å². The zero-order chi connectivity index (χ0) is 19.7. The number of nitro groups is 1. The van der Waals surface area contributed by atoms with Crippen molar-refractivity contribution >= 4 is 23.2 Å². The number of hydrogen-bond donors (Lipinski definition) is 1. The molecule has 0 radical (unpaired) electrons. The van der Waals surface area contributed by atoms with E-state index in [2.05, 4.69) is 9.97 Å². The van der Waals surface area contributed by atoms with Gasteiger partial charge in [-0.2, -0.15) is 0 Å². The van der Waals surface area contributed by atoms with Crippen molar-refractivity contribution in [3.8, 4) is 11.4 Å². The molecule has 1 aromatic heterocycles. The Hall–Kier alpha value is -3.19. The Labute approximate surface area is 166 Å². The van der Waals surface area contributed by atoms with E-state index in [-0.39, 0.29) is 17.6 Å². The van der Waals surface area contributed by atoms with E-state index in [0.29, 0.717) is 28.6 Å². The summed E-state index contributed by atoms with van der Waals surface area (Å²) in [6, 6.07) is 13.7. The molecule has 142 valence electrons. The first kappa shape index (κ1) is 18.2. The first-order valence-corrected chi connectivity index (χ1v) is 9.27. The standard InChI is InChI=1S/C20H17ClN4O3/c21-15-8-6-13(7-9-15)18-5-2-10-24(18)20(26)17-12-22-19(23-17)14-3-1-4-16(11-14)25(27)28/h1,3-4,6-9,11-12,18H,2,5,10H2,(H,22,23)/t18-/m0/s1. The van der Waals surface area contributed by atoms with Gasteiger partial charge >= 0.3 is 0 Å². The van der Waals surface area contributed by atoms with Gasteiger partial charge in [-0.1, -0.05) is 35.9 Å². The summed E-state index contributed by atoms with van der Waals surface area (Å²) in [5.74, 6) is 0.288. The maximum atomic E-state index is 13.0. The number of amides is 1. The highest BCUT2D eigenvalue weighted by Gasteiger charge is 2.31. The number of hydrogen-bond acceptors (Lipinski definition) is 4. The smallest absolute Gasteiger partial charge is 0.272 e. The van der Waals surface area contributed by atoms with Crippen molar-refractivity contribution in [1.29, 1.82) is 0 Å². The summed E-state index contributed by atoms with van der Waals surface area (Å²) < 4.78 is 0. The molecule has 1 N–H and O–H groups in total. The van der Waals surface area contributed by atoms with Gasteiger partial charge in [-0.05, 0) is 30.5 Å². The van der Waals surface area contributed by atoms with Gasteiger partial charge in [-0.3, -0.25) is 14.9 Å². The molecular weight excluding hydrogens is 380 g/mol. The predicted octanol–water partition coefficient (Wildman–Crippen LogP) is 4.62. The molecule has 0 saturated carbocycles. The summed E-state index contributed by atoms with van der Waals surface area (Å²) >= 11 is 5.97. The number of benzene rings is 2. The number of likely N-dealkylation sites (tertiary alicyclic amines) is 1. The van der Waals surface area contributed by atoms with E-state index in [1.165, 1.54) is 18.3 Å². The Morgan fingerprint density at radius 2 is 2.04 bits per heavy atom. The van der Waals surface area contributed by atoms with E-state index in [0.717, 1.165) is 18.4 Å². The molecule has 28 heavy (non-hydrogen) atoms. The monoisotopic (exact) mass is 396 g/mol. The number of nitrogens with one attached hydrogen (secondary N) is 1. The van der Waals surface area contributed by atoms with E-state index in [9.17, 15) is 14.9 Å². The van der Waals surface area contributed by atoms with E-state index in [1.807, 2.05) is 29.2 Å². The van der Waals surface area contributed by atoms with Crippen LogP contribution in [0.25, 0.3) is 11.4 Å². The molecule has 7 nitrogen and oxygen atoms in total. The van der Waals surface area contributed by atoms with E-state index in [1.54, 1.807) is 12.1 Å². The normalized spacial score (nSPS) is 16.3. The molecule has 1 saturated heterocycles. The molecule has 8 heteroatoms. The third kappa shape index (κ3) is 3.48. The second-order valence-corrected chi connectivity index (χ2v) is 7.10. The summed E-state index contributed by atoms with van der Waals surface area (Å²) in [7, 11) is 0. The minimum absolute atomic E-state index is 0.00525. The van der Waals surface area contributed by atoms with Gasteiger partial charge in [0, 0.05) is 29.3 Å². The van der Waals surface area contributed by atoms with Crippen molar-refractivity contribution in [3.63, 3.8) is 0 Å². The molecule has 0 bridgehead atoms. The molecule has 2 heterocycles. The number of imidazole rings is 1. The molecule has 0 aliphatic carbocycles. The molecule has 1 aliphatic heterocycles. The number of H-pyrrole nitrogens is 1. The maximum Gasteiger partial charge on any atom is 0.272 e. The molecule has 1 fully saturated rings. The van der Waals surface area contributed by atoms with Crippen molar-refractivity contribution in [2.75, 3.05) is 6.54 Å². The number of aromatic nitrogens is 2. The molecule has 3 aromatic rings. The van der Waals surface area contributed by atoms with Gasteiger partial charge in [0.1, 0.15) is 11.5 Å². The number of aromatic amines is 1. The second kappa shape index (κ2) is 7.44. The van der Waals surface area contributed by atoms with Crippen LogP contribution < -0.4 is 0 Å². The van der Waals surface area contributed by atoms with Crippen LogP contribution in [0.15, 0.2) is 54.7 Å². The average molecular weight is 397 g/mol. The van der Waals surface area contributed by atoms with Crippen LogP contribution in [0, 0.1) is 10.1 Å². The van der Waals surface area contributed by atoms with Gasteiger partial charge in [0.2, 0.25) is 0 Å². The van der Waals surface area contributed by atoms with Crippen molar-refractivity contribution in [2.24, 2.45) is 0 Å². The SMILES string of the molecule is O=C(c1cnc(-c2cccc([N+](=O)[O-])c2)[nH]1)N1CCC[C@H]1c1ccc(Cl)cc1. The molecule has 0 unspecified atom stereocenters. The van der Waals surface area contributed by atoms with Crippen LogP contribution in [0.5, 0.6) is 0 Å². The summed E-state index contributed by atoms with van der Waals surface area (Å²) in [6.45, 7) is 0.664. The topological polar surface area (TPSA) is 92.1 Å². The molecule has 1 amide bonds. The number of non-ortho nitro benzene ring substituents is 1. The van der Waals surface area contributed by atoms with Crippen LogP contribution in [-0.4, -0.2) is 32.2 Å². The number of nitro benzene ring substituents is 1. The zero-order valence-electron chi connectivity index (χ0n) is 14.8. The highest BCUT2D eigenvalue weighted by atomic mass is 35.5. The Morgan fingerprint density at radius 1 is 1.25 bits per heavy atom. The van der Waals surface area contributed by atoms with Gasteiger partial charge in [0.05, 0.1) is 17.2 Å². The van der Waals surface area contributed by atoms with E-state index >= 15 is 0 Å². The lowest BCUT2D eigenvalue weighted by Crippen LogP contribution is -2.30. The fourth-order valence-corrected chi connectivity index (χ4v) is 3.67. The molecule has 2 aromatic carbocycles. The van der Waals surface area contributed by atoms with E-state index < -0.39 is 4.92 Å². The van der Waals surface area contributed by atoms with Crippen molar-refractivity contribution in [1.82, 2.24) is 14.9 Å². The third-order valence-electron chi connectivity index (χ3n) is 4.91. The van der Waals surface area contributed by atoms with Gasteiger partial charge in [-0.25, -0.2) is 4.98 Å². The second-order valence-electron chi connectivity index (χ2n) is 6.66. The van der Waals surface area contributed by atoms with Crippen LogP contribution in [0.4, 0.5) is 5.69 Å². The highest BCUT2D eigenvalue weighted by Crippen LogP contribution is 2.33. The average Bonchev–Trinajstić information content (AvgIpc) is 3.38. The lowest BCUT2D eigenvalue weighted by atomic mass is 10.0. The van der Waals surface area contributed by atoms with Gasteiger partial charge in [-0.15, -0.1) is 0 Å². The summed E-state index contributed by atoms with van der Waals surface area (Å²) in [5, 5.41) is 11.6. The summed E-state index contributed by atoms with van der Waals surface area (Å²) in [5.41, 5.74) is 1.95. The fraction of sp³-hybridized carbons (Fsp3) is 0.200. The predicted molar refractivity (Wildman–Crippen MR) is 105 cm³/mol. The highest BCUT2D eigenvalue weighted by molar-refractivity contribution is 6.30. The van der Waals surface area contributed by atoms with Crippen molar-refractivity contribution in [3.05, 3.63) is 81.1 Å². The number of nitrogens with zero attached hydrogens (tertiary/aromatic N) is 3. The zero-order valence-corrected chi connectivity index (χ0v) is 15.6. The molecule has 4 rings (SSSR count). The number of carbonyl (C=O) groups excluding carboxylic acids is 1. The van der Waals surface area contributed by atoms with Crippen LogP contribution in [-0.2, 0) is 0 Å². The summed E-state index contributed by atoms with van der Waals surface area (Å²) in [6.07, 6.45) is 3.29. The minimum Gasteiger partial charge on any atom is -0.334 e. The number of halogens is 1. The van der Waals surface area contributed by atoms with Gasteiger partial charge in [0.15, 0.2) is 0 Å². The van der Waals surface area contributed by atoms with Crippen LogP contribution in [0.3, 0.4) is 0 Å². The van der Waals surface area contributed by atoms with Crippen LogP contribution in [0.1, 0.15) is 34.9 Å². The Morgan fingerprint density at radius 3 is 2.79 bits per heavy atom. The number of carbonyl (C=O) groups is 1. The minimum atomic E-state index is -0.459. The third-order valence-corrected chi connectivity index (χ3v) is 5.16.